The first-order valence-electron chi connectivity index (χ1n) is 10.9. The van der Waals surface area contributed by atoms with E-state index in [1.165, 1.54) is 44.1 Å². The third kappa shape index (κ3) is 5.38. The Balaban J connectivity index is 1.47. The van der Waals surface area contributed by atoms with Crippen molar-refractivity contribution < 1.29 is 14.1 Å². The van der Waals surface area contributed by atoms with Gasteiger partial charge in [0.15, 0.2) is 5.69 Å². The highest BCUT2D eigenvalue weighted by atomic mass is 16.5. The Morgan fingerprint density at radius 1 is 1.00 bits per heavy atom. The molecule has 4 rings (SSSR count). The van der Waals surface area contributed by atoms with Crippen molar-refractivity contribution in [3.63, 3.8) is 0 Å². The van der Waals surface area contributed by atoms with Crippen molar-refractivity contribution in [2.45, 2.75) is 51.0 Å². The third-order valence-electron chi connectivity index (χ3n) is 6.11. The Hall–Kier alpha value is -2.34. The molecular formula is C23H31N3O3. The van der Waals surface area contributed by atoms with Crippen molar-refractivity contribution in [3.8, 4) is 5.75 Å². The summed E-state index contributed by atoms with van der Waals surface area (Å²) < 4.78 is 10.8. The molecule has 6 nitrogen and oxygen atoms in total. The van der Waals surface area contributed by atoms with Gasteiger partial charge in [-0.15, -0.1) is 0 Å². The maximum Gasteiger partial charge on any atom is 0.276 e. The van der Waals surface area contributed by atoms with Crippen LogP contribution in [0.4, 0.5) is 0 Å². The van der Waals surface area contributed by atoms with Crippen LogP contribution < -0.4 is 4.74 Å². The SMILES string of the molecule is O=C(c1ccon1)N1CCCCN2CCCCC2CCc2cccc(c2)OCC1. The fourth-order valence-electron chi connectivity index (χ4n) is 4.50. The molecule has 6 heteroatoms. The van der Waals surface area contributed by atoms with Crippen LogP contribution >= 0.6 is 0 Å². The molecule has 2 aliphatic heterocycles. The van der Waals surface area contributed by atoms with E-state index < -0.39 is 0 Å². The normalized spacial score (nSPS) is 22.1. The lowest BCUT2D eigenvalue weighted by Gasteiger charge is -2.36. The minimum Gasteiger partial charge on any atom is -0.492 e. The van der Waals surface area contributed by atoms with Crippen LogP contribution in [0, 0.1) is 0 Å². The zero-order valence-corrected chi connectivity index (χ0v) is 17.1. The van der Waals surface area contributed by atoms with Crippen LogP contribution in [0.1, 0.15) is 54.6 Å². The first-order valence-corrected chi connectivity index (χ1v) is 10.9. The molecule has 1 saturated heterocycles. The standard InChI is InChI=1S/C23H31N3O3/c27-23(22-11-16-29-24-22)26-14-4-3-13-25-12-2-1-7-20(25)10-9-19-6-5-8-21(18-19)28-17-15-26/h5-6,8,11,16,18,20H,1-4,7,9-10,12-15,17H2. The molecule has 1 aromatic carbocycles. The fraction of sp³-hybridized carbons (Fsp3) is 0.565. The monoisotopic (exact) mass is 397 g/mol. The van der Waals surface area contributed by atoms with E-state index in [9.17, 15) is 4.79 Å². The second-order valence-electron chi connectivity index (χ2n) is 8.10. The van der Waals surface area contributed by atoms with E-state index >= 15 is 0 Å². The molecule has 3 heterocycles. The number of amides is 1. The van der Waals surface area contributed by atoms with E-state index in [0.717, 1.165) is 31.6 Å². The summed E-state index contributed by atoms with van der Waals surface area (Å²) in [5.74, 6) is 0.794. The van der Waals surface area contributed by atoms with Gasteiger partial charge in [0.05, 0.1) is 6.54 Å². The number of fused-ring (bicyclic) bond motifs is 3. The number of nitrogens with zero attached hydrogens (tertiary/aromatic N) is 3. The smallest absolute Gasteiger partial charge is 0.276 e. The first-order chi connectivity index (χ1) is 14.3. The number of aryl methyl sites for hydroxylation is 1. The van der Waals surface area contributed by atoms with Gasteiger partial charge in [0, 0.05) is 18.7 Å². The van der Waals surface area contributed by atoms with E-state index in [2.05, 4.69) is 28.3 Å². The van der Waals surface area contributed by atoms with E-state index in [4.69, 9.17) is 9.26 Å². The highest BCUT2D eigenvalue weighted by Gasteiger charge is 2.23. The van der Waals surface area contributed by atoms with Crippen molar-refractivity contribution in [1.82, 2.24) is 15.0 Å². The number of aromatic nitrogens is 1. The lowest BCUT2D eigenvalue weighted by atomic mass is 9.95. The van der Waals surface area contributed by atoms with Crippen LogP contribution in [-0.2, 0) is 6.42 Å². The predicted molar refractivity (Wildman–Crippen MR) is 111 cm³/mol. The van der Waals surface area contributed by atoms with Gasteiger partial charge in [0.25, 0.3) is 5.91 Å². The lowest BCUT2D eigenvalue weighted by Crippen LogP contribution is -2.40. The van der Waals surface area contributed by atoms with Crippen LogP contribution in [0.2, 0.25) is 0 Å². The molecule has 2 bridgehead atoms. The third-order valence-corrected chi connectivity index (χ3v) is 6.11. The number of benzene rings is 1. The summed E-state index contributed by atoms with van der Waals surface area (Å²) >= 11 is 0. The molecule has 1 aromatic heterocycles. The molecule has 1 amide bonds. The van der Waals surface area contributed by atoms with Gasteiger partial charge in [0.1, 0.15) is 18.6 Å². The average Bonchev–Trinajstić information content (AvgIpc) is 3.29. The van der Waals surface area contributed by atoms with Crippen molar-refractivity contribution >= 4 is 5.91 Å². The molecule has 1 fully saturated rings. The minimum atomic E-state index is -0.0868. The highest BCUT2D eigenvalue weighted by molar-refractivity contribution is 5.92. The van der Waals surface area contributed by atoms with Crippen molar-refractivity contribution in [2.75, 3.05) is 32.8 Å². The van der Waals surface area contributed by atoms with Gasteiger partial charge < -0.3 is 19.1 Å². The zero-order valence-electron chi connectivity index (χ0n) is 17.1. The van der Waals surface area contributed by atoms with Crippen molar-refractivity contribution in [1.29, 1.82) is 0 Å². The summed E-state index contributed by atoms with van der Waals surface area (Å²) in [4.78, 5) is 17.3. The topological polar surface area (TPSA) is 58.8 Å². The lowest BCUT2D eigenvalue weighted by molar-refractivity contribution is 0.0711. The Morgan fingerprint density at radius 3 is 2.72 bits per heavy atom. The van der Waals surface area contributed by atoms with Gasteiger partial charge in [0.2, 0.25) is 0 Å². The van der Waals surface area contributed by atoms with E-state index in [1.54, 1.807) is 6.07 Å². The number of carbonyl (C=O) groups excluding carboxylic acids is 1. The Morgan fingerprint density at radius 2 is 1.86 bits per heavy atom. The Labute approximate surface area is 172 Å². The molecule has 0 N–H and O–H groups in total. The van der Waals surface area contributed by atoms with Crippen LogP contribution in [0.15, 0.2) is 41.1 Å². The van der Waals surface area contributed by atoms with Crippen molar-refractivity contribution in [3.05, 3.63) is 47.9 Å². The molecule has 29 heavy (non-hydrogen) atoms. The molecule has 0 aliphatic carbocycles. The molecule has 0 saturated carbocycles. The quantitative estimate of drug-likeness (QED) is 0.733. The summed E-state index contributed by atoms with van der Waals surface area (Å²) in [6.45, 7) is 4.06. The molecule has 2 aliphatic rings. The molecule has 1 atom stereocenters. The van der Waals surface area contributed by atoms with Gasteiger partial charge in [-0.2, -0.15) is 0 Å². The summed E-state index contributed by atoms with van der Waals surface area (Å²) in [6.07, 6.45) is 9.77. The Bertz CT molecular complexity index is 777. The van der Waals surface area contributed by atoms with Crippen LogP contribution in [-0.4, -0.2) is 59.7 Å². The first kappa shape index (κ1) is 20.0. The number of ether oxygens (including phenoxy) is 1. The summed E-state index contributed by atoms with van der Waals surface area (Å²) in [5.41, 5.74) is 1.69. The van der Waals surface area contributed by atoms with Gasteiger partial charge in [-0.05, 0) is 69.3 Å². The second kappa shape index (κ2) is 9.92. The minimum absolute atomic E-state index is 0.0868. The van der Waals surface area contributed by atoms with Gasteiger partial charge >= 0.3 is 0 Å². The maximum absolute atomic E-state index is 12.8. The molecular weight excluding hydrogens is 366 g/mol. The number of carbonyl (C=O) groups is 1. The maximum atomic E-state index is 12.8. The highest BCUT2D eigenvalue weighted by Crippen LogP contribution is 2.23. The number of rotatable bonds is 1. The van der Waals surface area contributed by atoms with E-state index in [0.29, 0.717) is 31.4 Å². The summed E-state index contributed by atoms with van der Waals surface area (Å²) in [5, 5.41) is 3.82. The number of hydrogen-bond acceptors (Lipinski definition) is 5. The fourth-order valence-corrected chi connectivity index (χ4v) is 4.50. The molecule has 0 spiro atoms. The Kier molecular flexibility index (Phi) is 6.83. The second-order valence-corrected chi connectivity index (χ2v) is 8.10. The zero-order chi connectivity index (χ0) is 19.9. The van der Waals surface area contributed by atoms with Gasteiger partial charge in [-0.25, -0.2) is 0 Å². The van der Waals surface area contributed by atoms with E-state index in [1.807, 2.05) is 11.0 Å². The molecule has 0 radical (unpaired) electrons. The largest absolute Gasteiger partial charge is 0.492 e. The summed E-state index contributed by atoms with van der Waals surface area (Å²) in [6, 6.07) is 10.7. The average molecular weight is 398 g/mol. The molecule has 2 aromatic rings. The summed E-state index contributed by atoms with van der Waals surface area (Å²) in [7, 11) is 0. The molecule has 156 valence electrons. The van der Waals surface area contributed by atoms with E-state index in [-0.39, 0.29) is 5.91 Å². The van der Waals surface area contributed by atoms with Gasteiger partial charge in [-0.3, -0.25) is 4.79 Å². The number of piperidine rings is 1. The molecule has 1 unspecified atom stereocenters. The van der Waals surface area contributed by atoms with Crippen LogP contribution in [0.5, 0.6) is 5.75 Å². The number of hydrogen-bond donors (Lipinski definition) is 0. The predicted octanol–water partition coefficient (Wildman–Crippen LogP) is 3.78. The van der Waals surface area contributed by atoms with Crippen LogP contribution in [0.3, 0.4) is 0 Å². The van der Waals surface area contributed by atoms with Crippen molar-refractivity contribution in [2.24, 2.45) is 0 Å². The van der Waals surface area contributed by atoms with Crippen LogP contribution in [0.25, 0.3) is 0 Å². The van der Waals surface area contributed by atoms with Gasteiger partial charge in [-0.1, -0.05) is 23.7 Å².